The third-order valence-electron chi connectivity index (χ3n) is 2.64. The number of thioether (sulfide) groups is 1. The lowest BCUT2D eigenvalue weighted by atomic mass is 10.2. The van der Waals surface area contributed by atoms with Crippen molar-refractivity contribution < 1.29 is 0 Å². The Balaban J connectivity index is 2.58. The predicted molar refractivity (Wildman–Crippen MR) is 76.6 cm³/mol. The second-order valence-electron chi connectivity index (χ2n) is 4.20. The number of hydrogen-bond acceptors (Lipinski definition) is 3. The average molecular weight is 255 g/mol. The van der Waals surface area contributed by atoms with E-state index in [1.807, 2.05) is 22.6 Å². The van der Waals surface area contributed by atoms with Crippen molar-refractivity contribution in [2.45, 2.75) is 46.2 Å². The number of aromatic nitrogens is 2. The van der Waals surface area contributed by atoms with Crippen molar-refractivity contribution >= 4 is 11.8 Å². The van der Waals surface area contributed by atoms with Crippen LogP contribution in [0.4, 0.5) is 0 Å². The molecule has 0 aliphatic heterocycles. The average Bonchev–Trinajstić information content (AvgIpc) is 2.78. The Morgan fingerprint density at radius 3 is 2.82 bits per heavy atom. The lowest BCUT2D eigenvalue weighted by Gasteiger charge is -2.16. The molecule has 0 radical (unpaired) electrons. The van der Waals surface area contributed by atoms with Crippen LogP contribution < -0.4 is 5.32 Å². The lowest BCUT2D eigenvalue weighted by Crippen LogP contribution is -2.23. The van der Waals surface area contributed by atoms with E-state index < -0.39 is 0 Å². The summed E-state index contributed by atoms with van der Waals surface area (Å²) in [5, 5.41) is 8.01. The minimum absolute atomic E-state index is 0.450. The molecule has 1 rings (SSSR count). The predicted octanol–water partition coefficient (Wildman–Crippen LogP) is 3.09. The molecule has 0 spiro atoms. The Kier molecular flexibility index (Phi) is 7.37. The van der Waals surface area contributed by atoms with Crippen molar-refractivity contribution in [3.63, 3.8) is 0 Å². The van der Waals surface area contributed by atoms with Crippen molar-refractivity contribution in [2.75, 3.05) is 18.1 Å². The maximum absolute atomic E-state index is 4.41. The molecule has 1 heterocycles. The highest BCUT2D eigenvalue weighted by Crippen LogP contribution is 2.18. The fourth-order valence-electron chi connectivity index (χ4n) is 1.74. The zero-order valence-corrected chi connectivity index (χ0v) is 12.1. The van der Waals surface area contributed by atoms with Gasteiger partial charge in [0.05, 0.1) is 6.20 Å². The van der Waals surface area contributed by atoms with Crippen LogP contribution in [-0.4, -0.2) is 27.8 Å². The summed E-state index contributed by atoms with van der Waals surface area (Å²) in [6.07, 6.45) is 6.51. The summed E-state index contributed by atoms with van der Waals surface area (Å²) in [6.45, 7) is 8.69. The molecular weight excluding hydrogens is 230 g/mol. The molecule has 17 heavy (non-hydrogen) atoms. The van der Waals surface area contributed by atoms with E-state index in [2.05, 4.69) is 37.4 Å². The monoisotopic (exact) mass is 255 g/mol. The van der Waals surface area contributed by atoms with Gasteiger partial charge in [0, 0.05) is 30.1 Å². The van der Waals surface area contributed by atoms with Gasteiger partial charge in [-0.1, -0.05) is 20.8 Å². The van der Waals surface area contributed by atoms with Gasteiger partial charge >= 0.3 is 0 Å². The van der Waals surface area contributed by atoms with Gasteiger partial charge in [0.25, 0.3) is 0 Å². The molecular formula is C13H25N3S. The maximum Gasteiger partial charge on any atom is 0.0537 e. The van der Waals surface area contributed by atoms with Crippen LogP contribution in [0.5, 0.6) is 0 Å². The zero-order valence-electron chi connectivity index (χ0n) is 11.3. The molecule has 98 valence electrons. The number of rotatable bonds is 9. The minimum atomic E-state index is 0.450. The van der Waals surface area contributed by atoms with Crippen LogP contribution >= 0.6 is 11.8 Å². The van der Waals surface area contributed by atoms with E-state index in [1.165, 1.54) is 17.7 Å². The number of nitrogens with zero attached hydrogens (tertiary/aromatic N) is 2. The van der Waals surface area contributed by atoms with Crippen LogP contribution in [0.1, 0.15) is 45.2 Å². The molecule has 0 aliphatic carbocycles. The van der Waals surface area contributed by atoms with Gasteiger partial charge in [-0.25, -0.2) is 0 Å². The summed E-state index contributed by atoms with van der Waals surface area (Å²) in [5.41, 5.74) is 1.33. The Morgan fingerprint density at radius 2 is 2.18 bits per heavy atom. The van der Waals surface area contributed by atoms with Crippen LogP contribution in [0.15, 0.2) is 12.4 Å². The number of hydrogen-bond donors (Lipinski definition) is 1. The first-order chi connectivity index (χ1) is 8.31. The summed E-state index contributed by atoms with van der Waals surface area (Å²) in [5.74, 6) is 2.31. The topological polar surface area (TPSA) is 29.9 Å². The van der Waals surface area contributed by atoms with E-state index in [-0.39, 0.29) is 0 Å². The van der Waals surface area contributed by atoms with Gasteiger partial charge in [-0.05, 0) is 25.1 Å². The SMILES string of the molecule is CCCNC(CSCC)c1cnn(CCC)c1. The van der Waals surface area contributed by atoms with Gasteiger partial charge in [-0.2, -0.15) is 16.9 Å². The summed E-state index contributed by atoms with van der Waals surface area (Å²) in [6, 6.07) is 0.450. The van der Waals surface area contributed by atoms with Gasteiger partial charge in [0.15, 0.2) is 0 Å². The number of nitrogens with one attached hydrogen (secondary N) is 1. The van der Waals surface area contributed by atoms with E-state index in [0.717, 1.165) is 25.3 Å². The Bertz CT molecular complexity index is 291. The quantitative estimate of drug-likeness (QED) is 0.735. The fourth-order valence-corrected chi connectivity index (χ4v) is 2.52. The van der Waals surface area contributed by atoms with Crippen molar-refractivity contribution in [1.82, 2.24) is 15.1 Å². The molecule has 3 nitrogen and oxygen atoms in total. The molecule has 1 atom stereocenters. The standard InChI is InChI=1S/C13H25N3S/c1-4-7-14-13(11-17-6-3)12-9-15-16(10-12)8-5-2/h9-10,13-14H,4-8,11H2,1-3H3. The molecule has 0 amide bonds. The zero-order chi connectivity index (χ0) is 12.5. The van der Waals surface area contributed by atoms with Gasteiger partial charge in [-0.15, -0.1) is 0 Å². The maximum atomic E-state index is 4.41. The molecule has 0 bridgehead atoms. The first-order valence-corrected chi connectivity index (χ1v) is 7.80. The highest BCUT2D eigenvalue weighted by atomic mass is 32.2. The van der Waals surface area contributed by atoms with E-state index in [9.17, 15) is 0 Å². The molecule has 1 unspecified atom stereocenters. The molecule has 1 N–H and O–H groups in total. The van der Waals surface area contributed by atoms with Crippen LogP contribution in [0.2, 0.25) is 0 Å². The van der Waals surface area contributed by atoms with Crippen LogP contribution in [0, 0.1) is 0 Å². The van der Waals surface area contributed by atoms with E-state index in [1.54, 1.807) is 0 Å². The van der Waals surface area contributed by atoms with Crippen LogP contribution in [-0.2, 0) is 6.54 Å². The first kappa shape index (κ1) is 14.6. The first-order valence-electron chi connectivity index (χ1n) is 6.65. The van der Waals surface area contributed by atoms with Crippen LogP contribution in [0.3, 0.4) is 0 Å². The molecule has 0 aromatic carbocycles. The van der Waals surface area contributed by atoms with Crippen LogP contribution in [0.25, 0.3) is 0 Å². The Labute approximate surface area is 109 Å². The third-order valence-corrected chi connectivity index (χ3v) is 3.61. The van der Waals surface area contributed by atoms with E-state index in [4.69, 9.17) is 0 Å². The fraction of sp³-hybridized carbons (Fsp3) is 0.769. The highest BCUT2D eigenvalue weighted by molar-refractivity contribution is 7.99. The molecule has 0 aliphatic rings. The van der Waals surface area contributed by atoms with Gasteiger partial charge < -0.3 is 5.32 Å². The second-order valence-corrected chi connectivity index (χ2v) is 5.52. The summed E-state index contributed by atoms with van der Waals surface area (Å²) in [4.78, 5) is 0. The minimum Gasteiger partial charge on any atom is -0.309 e. The molecule has 0 fully saturated rings. The van der Waals surface area contributed by atoms with E-state index >= 15 is 0 Å². The largest absolute Gasteiger partial charge is 0.309 e. The third kappa shape index (κ3) is 5.13. The normalized spacial score (nSPS) is 12.9. The van der Waals surface area contributed by atoms with Crippen molar-refractivity contribution in [2.24, 2.45) is 0 Å². The van der Waals surface area contributed by atoms with Gasteiger partial charge in [0.1, 0.15) is 0 Å². The lowest BCUT2D eigenvalue weighted by molar-refractivity contribution is 0.572. The molecule has 0 saturated carbocycles. The van der Waals surface area contributed by atoms with Crippen molar-refractivity contribution in [1.29, 1.82) is 0 Å². The summed E-state index contributed by atoms with van der Waals surface area (Å²) < 4.78 is 2.05. The van der Waals surface area contributed by atoms with Crippen molar-refractivity contribution in [3.05, 3.63) is 18.0 Å². The second kappa shape index (κ2) is 8.59. The van der Waals surface area contributed by atoms with Crippen molar-refractivity contribution in [3.8, 4) is 0 Å². The molecule has 1 aromatic heterocycles. The molecule has 0 saturated heterocycles. The Hall–Kier alpha value is -0.480. The summed E-state index contributed by atoms with van der Waals surface area (Å²) >= 11 is 1.98. The summed E-state index contributed by atoms with van der Waals surface area (Å²) in [7, 11) is 0. The highest BCUT2D eigenvalue weighted by Gasteiger charge is 2.12. The number of aryl methyl sites for hydroxylation is 1. The van der Waals surface area contributed by atoms with Gasteiger partial charge in [-0.3, -0.25) is 4.68 Å². The Morgan fingerprint density at radius 1 is 1.35 bits per heavy atom. The van der Waals surface area contributed by atoms with E-state index in [0.29, 0.717) is 6.04 Å². The molecule has 4 heteroatoms. The van der Waals surface area contributed by atoms with Gasteiger partial charge in [0.2, 0.25) is 0 Å². The molecule has 1 aromatic rings. The smallest absolute Gasteiger partial charge is 0.0537 e.